The highest BCUT2D eigenvalue weighted by atomic mass is 32.2. The van der Waals surface area contributed by atoms with Crippen LogP contribution in [0.2, 0.25) is 0 Å². The van der Waals surface area contributed by atoms with E-state index in [1.807, 2.05) is 0 Å². The maximum atomic E-state index is 12.8. The number of benzene rings is 1. The van der Waals surface area contributed by atoms with E-state index in [-0.39, 0.29) is 29.3 Å². The summed E-state index contributed by atoms with van der Waals surface area (Å²) in [5.74, 6) is 5.67. The first kappa shape index (κ1) is 13.5. The molecule has 1 saturated heterocycles. The topological polar surface area (TPSA) is 72.2 Å². The molecule has 0 amide bonds. The molecule has 0 radical (unpaired) electrons. The van der Waals surface area contributed by atoms with Crippen LogP contribution < -0.4 is 11.3 Å². The zero-order valence-electron chi connectivity index (χ0n) is 9.97. The number of rotatable bonds is 4. The predicted octanol–water partition coefficient (Wildman–Crippen LogP) is 0.635. The Morgan fingerprint density at radius 2 is 2.06 bits per heavy atom. The van der Waals surface area contributed by atoms with Gasteiger partial charge >= 0.3 is 0 Å². The van der Waals surface area contributed by atoms with E-state index in [9.17, 15) is 12.8 Å². The SMILES string of the molecule is NNC(Cc1ccc(F)cc1)C1CCS(=O)(=O)C1. The van der Waals surface area contributed by atoms with Crippen molar-refractivity contribution in [1.29, 1.82) is 0 Å². The smallest absolute Gasteiger partial charge is 0.150 e. The minimum Gasteiger partial charge on any atom is -0.271 e. The average molecular weight is 272 g/mol. The summed E-state index contributed by atoms with van der Waals surface area (Å²) in [5, 5.41) is 0. The Morgan fingerprint density at radius 1 is 1.39 bits per heavy atom. The monoisotopic (exact) mass is 272 g/mol. The summed E-state index contributed by atoms with van der Waals surface area (Å²) in [6.07, 6.45) is 1.25. The largest absolute Gasteiger partial charge is 0.271 e. The molecule has 0 bridgehead atoms. The van der Waals surface area contributed by atoms with Gasteiger partial charge in [-0.25, -0.2) is 12.8 Å². The Labute approximate surface area is 106 Å². The van der Waals surface area contributed by atoms with Crippen LogP contribution in [0.15, 0.2) is 24.3 Å². The van der Waals surface area contributed by atoms with Gasteiger partial charge in [-0.1, -0.05) is 12.1 Å². The molecule has 0 aromatic heterocycles. The average Bonchev–Trinajstić information content (AvgIpc) is 2.69. The molecule has 1 aromatic rings. The third-order valence-electron chi connectivity index (χ3n) is 3.42. The lowest BCUT2D eigenvalue weighted by atomic mass is 9.93. The van der Waals surface area contributed by atoms with Crippen molar-refractivity contribution in [3.05, 3.63) is 35.6 Å². The van der Waals surface area contributed by atoms with Gasteiger partial charge in [0.05, 0.1) is 11.5 Å². The summed E-state index contributed by atoms with van der Waals surface area (Å²) >= 11 is 0. The molecule has 1 aliphatic heterocycles. The quantitative estimate of drug-likeness (QED) is 0.623. The van der Waals surface area contributed by atoms with Crippen molar-refractivity contribution in [1.82, 2.24) is 5.43 Å². The van der Waals surface area contributed by atoms with E-state index in [2.05, 4.69) is 5.43 Å². The number of hydrogen-bond donors (Lipinski definition) is 2. The summed E-state index contributed by atoms with van der Waals surface area (Å²) in [5.41, 5.74) is 3.63. The van der Waals surface area contributed by atoms with Gasteiger partial charge in [0.1, 0.15) is 5.82 Å². The second-order valence-electron chi connectivity index (χ2n) is 4.77. The Bertz CT molecular complexity index is 501. The van der Waals surface area contributed by atoms with Gasteiger partial charge in [-0.2, -0.15) is 0 Å². The van der Waals surface area contributed by atoms with Crippen LogP contribution in [0.5, 0.6) is 0 Å². The Balaban J connectivity index is 2.04. The Hall–Kier alpha value is -0.980. The van der Waals surface area contributed by atoms with Crippen LogP contribution in [0.3, 0.4) is 0 Å². The number of sulfone groups is 1. The fourth-order valence-corrected chi connectivity index (χ4v) is 4.26. The highest BCUT2D eigenvalue weighted by molar-refractivity contribution is 7.91. The van der Waals surface area contributed by atoms with Gasteiger partial charge < -0.3 is 0 Å². The lowest BCUT2D eigenvalue weighted by Gasteiger charge is -2.21. The second-order valence-corrected chi connectivity index (χ2v) is 7.00. The van der Waals surface area contributed by atoms with Gasteiger partial charge in [0.2, 0.25) is 0 Å². The van der Waals surface area contributed by atoms with Gasteiger partial charge in [0, 0.05) is 6.04 Å². The first-order chi connectivity index (χ1) is 8.50. The van der Waals surface area contributed by atoms with Gasteiger partial charge in [0.15, 0.2) is 9.84 Å². The van der Waals surface area contributed by atoms with E-state index >= 15 is 0 Å². The number of nitrogens with two attached hydrogens (primary N) is 1. The fourth-order valence-electron chi connectivity index (χ4n) is 2.38. The zero-order chi connectivity index (χ0) is 13.2. The molecule has 3 N–H and O–H groups in total. The van der Waals surface area contributed by atoms with Crippen molar-refractivity contribution >= 4 is 9.84 Å². The Morgan fingerprint density at radius 3 is 2.56 bits per heavy atom. The summed E-state index contributed by atoms with van der Waals surface area (Å²) in [4.78, 5) is 0. The van der Waals surface area contributed by atoms with Crippen LogP contribution in [-0.2, 0) is 16.3 Å². The molecule has 1 fully saturated rings. The van der Waals surface area contributed by atoms with E-state index in [1.165, 1.54) is 12.1 Å². The zero-order valence-corrected chi connectivity index (χ0v) is 10.8. The number of nitrogens with one attached hydrogen (secondary N) is 1. The van der Waals surface area contributed by atoms with Gasteiger partial charge in [0.25, 0.3) is 0 Å². The van der Waals surface area contributed by atoms with Crippen LogP contribution >= 0.6 is 0 Å². The molecular formula is C12H17FN2O2S. The van der Waals surface area contributed by atoms with Crippen molar-refractivity contribution in [3.63, 3.8) is 0 Å². The van der Waals surface area contributed by atoms with Crippen molar-refractivity contribution in [2.24, 2.45) is 11.8 Å². The standard InChI is InChI=1S/C12H17FN2O2S/c13-11-3-1-9(2-4-11)7-12(15-14)10-5-6-18(16,17)8-10/h1-4,10,12,15H,5-8,14H2. The number of hydrogen-bond acceptors (Lipinski definition) is 4. The molecule has 1 heterocycles. The molecule has 1 aliphatic rings. The van der Waals surface area contributed by atoms with Crippen LogP contribution in [0.1, 0.15) is 12.0 Å². The first-order valence-electron chi connectivity index (χ1n) is 5.91. The molecule has 0 spiro atoms. The highest BCUT2D eigenvalue weighted by Gasteiger charge is 2.33. The van der Waals surface area contributed by atoms with Crippen LogP contribution in [0, 0.1) is 11.7 Å². The molecule has 6 heteroatoms. The molecule has 0 saturated carbocycles. The minimum absolute atomic E-state index is 0.0325. The molecule has 2 unspecified atom stereocenters. The third kappa shape index (κ3) is 3.28. The lowest BCUT2D eigenvalue weighted by Crippen LogP contribution is -2.43. The van der Waals surface area contributed by atoms with Crippen LogP contribution in [0.25, 0.3) is 0 Å². The molecule has 18 heavy (non-hydrogen) atoms. The summed E-state index contributed by atoms with van der Waals surface area (Å²) < 4.78 is 35.7. The highest BCUT2D eigenvalue weighted by Crippen LogP contribution is 2.23. The van der Waals surface area contributed by atoms with Crippen LogP contribution in [0.4, 0.5) is 4.39 Å². The van der Waals surface area contributed by atoms with Crippen LogP contribution in [-0.4, -0.2) is 26.0 Å². The normalized spacial score (nSPS) is 24.0. The van der Waals surface area contributed by atoms with E-state index in [0.29, 0.717) is 12.8 Å². The summed E-state index contributed by atoms with van der Waals surface area (Å²) in [6.45, 7) is 0. The molecule has 1 aromatic carbocycles. The molecule has 0 aliphatic carbocycles. The maximum absolute atomic E-state index is 12.8. The van der Waals surface area contributed by atoms with E-state index in [0.717, 1.165) is 5.56 Å². The van der Waals surface area contributed by atoms with E-state index in [1.54, 1.807) is 12.1 Å². The number of hydrazine groups is 1. The van der Waals surface area contributed by atoms with Gasteiger partial charge in [-0.15, -0.1) is 0 Å². The van der Waals surface area contributed by atoms with Crippen molar-refractivity contribution in [2.45, 2.75) is 18.9 Å². The summed E-state index contributed by atoms with van der Waals surface area (Å²) in [7, 11) is -2.91. The van der Waals surface area contributed by atoms with Gasteiger partial charge in [-0.3, -0.25) is 11.3 Å². The van der Waals surface area contributed by atoms with Crippen molar-refractivity contribution in [2.75, 3.05) is 11.5 Å². The van der Waals surface area contributed by atoms with Crippen molar-refractivity contribution in [3.8, 4) is 0 Å². The molecule has 100 valence electrons. The molecular weight excluding hydrogens is 255 g/mol. The fraction of sp³-hybridized carbons (Fsp3) is 0.500. The second kappa shape index (κ2) is 5.34. The minimum atomic E-state index is -2.91. The van der Waals surface area contributed by atoms with Crippen molar-refractivity contribution < 1.29 is 12.8 Å². The summed E-state index contributed by atoms with van der Waals surface area (Å²) in [6, 6.07) is 6.10. The first-order valence-corrected chi connectivity index (χ1v) is 7.73. The van der Waals surface area contributed by atoms with E-state index in [4.69, 9.17) is 5.84 Å². The maximum Gasteiger partial charge on any atom is 0.150 e. The Kier molecular flexibility index (Phi) is 3.99. The van der Waals surface area contributed by atoms with Gasteiger partial charge in [-0.05, 0) is 36.5 Å². The molecule has 4 nitrogen and oxygen atoms in total. The third-order valence-corrected chi connectivity index (χ3v) is 5.21. The lowest BCUT2D eigenvalue weighted by molar-refractivity contribution is 0.385. The number of halogens is 1. The molecule has 2 atom stereocenters. The molecule has 2 rings (SSSR count). The predicted molar refractivity (Wildman–Crippen MR) is 68.0 cm³/mol. The van der Waals surface area contributed by atoms with E-state index < -0.39 is 9.84 Å².